The molecule has 1 heterocycles. The van der Waals surface area contributed by atoms with Gasteiger partial charge >= 0.3 is 0 Å². The number of nitrogens with zero attached hydrogens (tertiary/aromatic N) is 1. The van der Waals surface area contributed by atoms with Crippen LogP contribution in [0.3, 0.4) is 0 Å². The molecule has 0 aliphatic carbocycles. The zero-order valence-corrected chi connectivity index (χ0v) is 14.1. The zero-order chi connectivity index (χ0) is 15.4. The molecule has 2 unspecified atom stereocenters. The highest BCUT2D eigenvalue weighted by atomic mass is 16.5. The fraction of sp³-hybridized carbons (Fsp3) is 0.667. The Hall–Kier alpha value is -1.06. The second-order valence-electron chi connectivity index (χ2n) is 6.63. The van der Waals surface area contributed by atoms with Crippen LogP contribution in [0.2, 0.25) is 0 Å². The smallest absolute Gasteiger partial charge is 0.0772 e. The summed E-state index contributed by atoms with van der Waals surface area (Å²) in [5.41, 5.74) is 4.09. The Labute approximate surface area is 129 Å². The summed E-state index contributed by atoms with van der Waals surface area (Å²) in [6, 6.07) is 7.36. The first kappa shape index (κ1) is 16.3. The number of piperidine rings is 1. The van der Waals surface area contributed by atoms with E-state index in [1.54, 1.807) is 0 Å². The van der Waals surface area contributed by atoms with Gasteiger partial charge in [0.15, 0.2) is 0 Å². The Morgan fingerprint density at radius 1 is 1.38 bits per heavy atom. The number of benzene rings is 1. The molecule has 2 atom stereocenters. The van der Waals surface area contributed by atoms with Crippen molar-refractivity contribution in [2.45, 2.75) is 52.8 Å². The van der Waals surface area contributed by atoms with Crippen LogP contribution >= 0.6 is 0 Å². The quantitative estimate of drug-likeness (QED) is 0.900. The largest absolute Gasteiger partial charge is 0.379 e. The summed E-state index contributed by atoms with van der Waals surface area (Å²) in [7, 11) is 1.83. The predicted octanol–water partition coefficient (Wildman–Crippen LogP) is 3.35. The fourth-order valence-corrected chi connectivity index (χ4v) is 2.96. The van der Waals surface area contributed by atoms with Gasteiger partial charge in [0.25, 0.3) is 0 Å². The maximum atomic E-state index is 5.62. The van der Waals surface area contributed by atoms with E-state index in [0.29, 0.717) is 18.1 Å². The molecule has 3 heteroatoms. The van der Waals surface area contributed by atoms with Crippen molar-refractivity contribution in [2.24, 2.45) is 5.92 Å². The van der Waals surface area contributed by atoms with Crippen LogP contribution in [0.1, 0.15) is 38.3 Å². The summed E-state index contributed by atoms with van der Waals surface area (Å²) in [5.74, 6) is 0.655. The van der Waals surface area contributed by atoms with E-state index < -0.39 is 0 Å². The van der Waals surface area contributed by atoms with E-state index in [4.69, 9.17) is 4.74 Å². The zero-order valence-electron chi connectivity index (χ0n) is 14.1. The van der Waals surface area contributed by atoms with Crippen molar-refractivity contribution in [3.63, 3.8) is 0 Å². The Balaban J connectivity index is 2.05. The average Bonchev–Trinajstić information content (AvgIpc) is 2.46. The topological polar surface area (TPSA) is 24.5 Å². The first-order chi connectivity index (χ1) is 10.0. The van der Waals surface area contributed by atoms with Gasteiger partial charge in [-0.1, -0.05) is 26.8 Å². The SMILES string of the molecule is COC1CN(c2ccc(CNC(C)C)c(C)c2)CCC1C. The minimum absolute atomic E-state index is 0.348. The number of ether oxygens (including phenoxy) is 1. The summed E-state index contributed by atoms with van der Waals surface area (Å²) in [6.45, 7) is 11.9. The molecule has 1 fully saturated rings. The second kappa shape index (κ2) is 7.28. The molecule has 1 N–H and O–H groups in total. The number of aryl methyl sites for hydroxylation is 1. The Kier molecular flexibility index (Phi) is 5.65. The summed E-state index contributed by atoms with van der Waals surface area (Å²) in [4.78, 5) is 2.46. The first-order valence-electron chi connectivity index (χ1n) is 8.12. The number of hydrogen-bond acceptors (Lipinski definition) is 3. The lowest BCUT2D eigenvalue weighted by molar-refractivity contribution is 0.0498. The van der Waals surface area contributed by atoms with Crippen LogP contribution in [0.15, 0.2) is 18.2 Å². The molecule has 3 nitrogen and oxygen atoms in total. The van der Waals surface area contributed by atoms with Gasteiger partial charge in [0.2, 0.25) is 0 Å². The molecule has 2 rings (SSSR count). The summed E-state index contributed by atoms with van der Waals surface area (Å²) < 4.78 is 5.62. The number of methoxy groups -OCH3 is 1. The molecule has 21 heavy (non-hydrogen) atoms. The van der Waals surface area contributed by atoms with E-state index in [-0.39, 0.29) is 0 Å². The van der Waals surface area contributed by atoms with Crippen molar-refractivity contribution in [3.8, 4) is 0 Å². The molecule has 118 valence electrons. The molecule has 0 radical (unpaired) electrons. The van der Waals surface area contributed by atoms with Gasteiger partial charge in [0.05, 0.1) is 6.10 Å². The predicted molar refractivity (Wildman–Crippen MR) is 89.9 cm³/mol. The van der Waals surface area contributed by atoms with E-state index in [1.165, 1.54) is 23.2 Å². The van der Waals surface area contributed by atoms with Gasteiger partial charge in [0, 0.05) is 38.5 Å². The average molecular weight is 290 g/mol. The van der Waals surface area contributed by atoms with Gasteiger partial charge < -0.3 is 15.0 Å². The summed E-state index contributed by atoms with van der Waals surface area (Å²) in [5, 5.41) is 3.49. The van der Waals surface area contributed by atoms with Crippen LogP contribution in [-0.4, -0.2) is 32.3 Å². The van der Waals surface area contributed by atoms with Gasteiger partial charge in [-0.3, -0.25) is 0 Å². The van der Waals surface area contributed by atoms with E-state index in [0.717, 1.165) is 19.6 Å². The Morgan fingerprint density at radius 3 is 2.76 bits per heavy atom. The van der Waals surface area contributed by atoms with Gasteiger partial charge in [0.1, 0.15) is 0 Å². The molecule has 1 aromatic rings. The van der Waals surface area contributed by atoms with Crippen LogP contribution in [0.4, 0.5) is 5.69 Å². The van der Waals surface area contributed by atoms with E-state index in [2.05, 4.69) is 56.1 Å². The number of rotatable bonds is 5. The highest BCUT2D eigenvalue weighted by Gasteiger charge is 2.26. The monoisotopic (exact) mass is 290 g/mol. The van der Waals surface area contributed by atoms with Crippen molar-refractivity contribution >= 4 is 5.69 Å². The third-order valence-electron chi connectivity index (χ3n) is 4.58. The van der Waals surface area contributed by atoms with Gasteiger partial charge in [-0.25, -0.2) is 0 Å². The van der Waals surface area contributed by atoms with E-state index >= 15 is 0 Å². The Morgan fingerprint density at radius 2 is 2.14 bits per heavy atom. The molecule has 0 bridgehead atoms. The molecule has 0 saturated carbocycles. The van der Waals surface area contributed by atoms with Gasteiger partial charge in [-0.05, 0) is 42.5 Å². The van der Waals surface area contributed by atoms with Crippen molar-refractivity contribution in [3.05, 3.63) is 29.3 Å². The molecule has 0 spiro atoms. The Bertz CT molecular complexity index is 459. The minimum atomic E-state index is 0.348. The van der Waals surface area contributed by atoms with Crippen LogP contribution in [0.5, 0.6) is 0 Å². The molecule has 1 saturated heterocycles. The van der Waals surface area contributed by atoms with Crippen LogP contribution in [0, 0.1) is 12.8 Å². The minimum Gasteiger partial charge on any atom is -0.379 e. The molecular weight excluding hydrogens is 260 g/mol. The molecule has 1 aliphatic rings. The number of hydrogen-bond donors (Lipinski definition) is 1. The lowest BCUT2D eigenvalue weighted by Gasteiger charge is -2.37. The third-order valence-corrected chi connectivity index (χ3v) is 4.58. The van der Waals surface area contributed by atoms with Crippen molar-refractivity contribution in [1.29, 1.82) is 0 Å². The van der Waals surface area contributed by atoms with Crippen LogP contribution in [-0.2, 0) is 11.3 Å². The first-order valence-corrected chi connectivity index (χ1v) is 8.12. The van der Waals surface area contributed by atoms with E-state index in [9.17, 15) is 0 Å². The molecular formula is C18H30N2O. The summed E-state index contributed by atoms with van der Waals surface area (Å²) in [6.07, 6.45) is 1.55. The lowest BCUT2D eigenvalue weighted by Crippen LogP contribution is -2.43. The third kappa shape index (κ3) is 4.21. The highest BCUT2D eigenvalue weighted by Crippen LogP contribution is 2.26. The second-order valence-corrected chi connectivity index (χ2v) is 6.63. The molecule has 0 aromatic heterocycles. The number of nitrogens with one attached hydrogen (secondary N) is 1. The maximum absolute atomic E-state index is 5.62. The molecule has 0 amide bonds. The molecule has 1 aliphatic heterocycles. The van der Waals surface area contributed by atoms with Crippen LogP contribution in [0.25, 0.3) is 0 Å². The normalized spacial score (nSPS) is 22.9. The van der Waals surface area contributed by atoms with Crippen molar-refractivity contribution in [2.75, 3.05) is 25.1 Å². The van der Waals surface area contributed by atoms with E-state index in [1.807, 2.05) is 7.11 Å². The fourth-order valence-electron chi connectivity index (χ4n) is 2.96. The number of anilines is 1. The lowest BCUT2D eigenvalue weighted by atomic mass is 9.95. The standard InChI is InChI=1S/C18H30N2O/c1-13(2)19-11-16-6-7-17(10-15(16)4)20-9-8-14(3)18(12-20)21-5/h6-7,10,13-14,18-19H,8-9,11-12H2,1-5H3. The van der Waals surface area contributed by atoms with Crippen molar-refractivity contribution < 1.29 is 4.74 Å². The maximum Gasteiger partial charge on any atom is 0.0772 e. The highest BCUT2D eigenvalue weighted by molar-refractivity contribution is 5.51. The summed E-state index contributed by atoms with van der Waals surface area (Å²) >= 11 is 0. The molecule has 1 aromatic carbocycles. The van der Waals surface area contributed by atoms with Crippen LogP contribution < -0.4 is 10.2 Å². The van der Waals surface area contributed by atoms with Crippen molar-refractivity contribution in [1.82, 2.24) is 5.32 Å². The van der Waals surface area contributed by atoms with Gasteiger partial charge in [-0.2, -0.15) is 0 Å². The van der Waals surface area contributed by atoms with Gasteiger partial charge in [-0.15, -0.1) is 0 Å².